The number of halogens is 5. The second-order valence-electron chi connectivity index (χ2n) is 10.1. The highest BCUT2D eigenvalue weighted by molar-refractivity contribution is 5.90. The number of nitriles is 1. The quantitative estimate of drug-likeness (QED) is 0.120. The first-order valence-corrected chi connectivity index (χ1v) is 13.8. The van der Waals surface area contributed by atoms with Gasteiger partial charge in [-0.3, -0.25) is 4.79 Å². The Hall–Kier alpha value is -5.96. The van der Waals surface area contributed by atoms with Gasteiger partial charge < -0.3 is 18.8 Å². The molecule has 5 rings (SSSR count). The summed E-state index contributed by atoms with van der Waals surface area (Å²) in [4.78, 5) is 25.5. The van der Waals surface area contributed by atoms with Crippen molar-refractivity contribution in [2.45, 2.75) is 19.3 Å². The Morgan fingerprint density at radius 3 is 2.21 bits per heavy atom. The van der Waals surface area contributed by atoms with Gasteiger partial charge in [0, 0.05) is 17.7 Å². The average Bonchev–Trinajstić information content (AvgIpc) is 3.05. The maximum Gasteiger partial charge on any atom is 0.417 e. The zero-order chi connectivity index (χ0) is 33.7. The van der Waals surface area contributed by atoms with Crippen LogP contribution in [0.15, 0.2) is 102 Å². The third-order valence-electron chi connectivity index (χ3n) is 7.00. The van der Waals surface area contributed by atoms with Crippen molar-refractivity contribution in [1.82, 2.24) is 4.57 Å². The lowest BCUT2D eigenvalue weighted by molar-refractivity contribution is -0.137. The van der Waals surface area contributed by atoms with Crippen molar-refractivity contribution in [3.05, 3.63) is 147 Å². The number of methoxy groups -OCH3 is 1. The molecule has 0 atom stereocenters. The number of rotatable bonds is 9. The molecule has 0 aliphatic heterocycles. The monoisotopic (exact) mass is 646 g/mol. The van der Waals surface area contributed by atoms with Gasteiger partial charge in [-0.25, -0.2) is 13.6 Å². The summed E-state index contributed by atoms with van der Waals surface area (Å²) in [6.07, 6.45) is -5.05. The van der Waals surface area contributed by atoms with E-state index in [4.69, 9.17) is 14.2 Å². The second kappa shape index (κ2) is 13.6. The zero-order valence-electron chi connectivity index (χ0n) is 24.5. The van der Waals surface area contributed by atoms with Crippen LogP contribution in [0.25, 0.3) is 11.3 Å². The molecule has 1 heterocycles. The molecule has 0 N–H and O–H groups in total. The minimum atomic E-state index is -5.05. The summed E-state index contributed by atoms with van der Waals surface area (Å²) < 4.78 is 87.2. The Morgan fingerprint density at radius 2 is 1.57 bits per heavy atom. The molecular weight excluding hydrogens is 623 g/mol. The number of alkyl halides is 3. The molecule has 0 aliphatic carbocycles. The SMILES string of the molecule is COC(=O)c1cc(OCc2ccccc2)cc(Oc2ccc(-c3cc(C(F)(F)F)c(C#N)c(=O)n3Cc3ccc(F)cc3F)cc2)c1. The van der Waals surface area contributed by atoms with Crippen molar-refractivity contribution in [1.29, 1.82) is 5.26 Å². The van der Waals surface area contributed by atoms with Gasteiger partial charge in [-0.2, -0.15) is 18.4 Å². The average molecular weight is 647 g/mol. The summed E-state index contributed by atoms with van der Waals surface area (Å²) in [6, 6.07) is 23.8. The summed E-state index contributed by atoms with van der Waals surface area (Å²) in [7, 11) is 1.22. The van der Waals surface area contributed by atoms with Crippen LogP contribution in [0.4, 0.5) is 22.0 Å². The summed E-state index contributed by atoms with van der Waals surface area (Å²) in [5.74, 6) is -1.86. The first kappa shape index (κ1) is 32.4. The number of esters is 1. The summed E-state index contributed by atoms with van der Waals surface area (Å²) >= 11 is 0. The molecule has 4 aromatic carbocycles. The molecule has 0 saturated carbocycles. The van der Waals surface area contributed by atoms with E-state index in [1.165, 1.54) is 55.6 Å². The predicted octanol–water partition coefficient (Wildman–Crippen LogP) is 7.89. The highest BCUT2D eigenvalue weighted by Crippen LogP contribution is 2.35. The van der Waals surface area contributed by atoms with E-state index in [0.717, 1.165) is 22.3 Å². The smallest absolute Gasteiger partial charge is 0.417 e. The van der Waals surface area contributed by atoms with Crippen LogP contribution < -0.4 is 15.0 Å². The van der Waals surface area contributed by atoms with Gasteiger partial charge >= 0.3 is 12.1 Å². The van der Waals surface area contributed by atoms with E-state index in [2.05, 4.69) is 0 Å². The molecule has 0 radical (unpaired) electrons. The van der Waals surface area contributed by atoms with E-state index in [9.17, 15) is 36.8 Å². The topological polar surface area (TPSA) is 90.6 Å². The number of pyridine rings is 1. The predicted molar refractivity (Wildman–Crippen MR) is 160 cm³/mol. The highest BCUT2D eigenvalue weighted by atomic mass is 19.4. The Labute approximate surface area is 264 Å². The summed E-state index contributed by atoms with van der Waals surface area (Å²) in [5, 5.41) is 9.42. The fraction of sp³-hybridized carbons (Fsp3) is 0.114. The van der Waals surface area contributed by atoms with Crippen molar-refractivity contribution in [2.24, 2.45) is 0 Å². The molecule has 47 heavy (non-hydrogen) atoms. The van der Waals surface area contributed by atoms with Crippen LogP contribution in [0.3, 0.4) is 0 Å². The van der Waals surface area contributed by atoms with Crippen LogP contribution in [-0.4, -0.2) is 17.6 Å². The first-order valence-electron chi connectivity index (χ1n) is 13.8. The van der Waals surface area contributed by atoms with Gasteiger partial charge in [0.15, 0.2) is 0 Å². The molecule has 0 amide bonds. The van der Waals surface area contributed by atoms with Gasteiger partial charge in [0.05, 0.1) is 30.5 Å². The number of hydrogen-bond donors (Lipinski definition) is 0. The summed E-state index contributed by atoms with van der Waals surface area (Å²) in [5.41, 5.74) is -3.27. The Bertz CT molecular complexity index is 2040. The molecule has 0 bridgehead atoms. The molecule has 12 heteroatoms. The van der Waals surface area contributed by atoms with Crippen molar-refractivity contribution in [2.75, 3.05) is 7.11 Å². The molecule has 0 spiro atoms. The number of carbonyl (C=O) groups excluding carboxylic acids is 1. The maximum absolute atomic E-state index is 14.5. The Kier molecular flexibility index (Phi) is 9.37. The standard InChI is InChI=1S/C35H23F5N2O5/c1-45-34(44)24-13-27(46-20-21-5-3-2-4-6-21)16-28(14-24)47-26-11-8-22(9-12-26)32-17-30(35(38,39)40)29(18-41)33(43)42(32)19-23-7-10-25(36)15-31(23)37/h2-17H,19-20H2,1H3. The normalized spacial score (nSPS) is 11.1. The minimum Gasteiger partial charge on any atom is -0.489 e. The van der Waals surface area contributed by atoms with Gasteiger partial charge in [-0.15, -0.1) is 0 Å². The van der Waals surface area contributed by atoms with Crippen molar-refractivity contribution in [3.63, 3.8) is 0 Å². The van der Waals surface area contributed by atoms with Gasteiger partial charge in [-0.1, -0.05) is 36.4 Å². The number of nitrogens with zero attached hydrogens (tertiary/aromatic N) is 2. The van der Waals surface area contributed by atoms with Gasteiger partial charge in [0.2, 0.25) is 0 Å². The lowest BCUT2D eigenvalue weighted by Gasteiger charge is -2.18. The second-order valence-corrected chi connectivity index (χ2v) is 10.1. The largest absolute Gasteiger partial charge is 0.489 e. The molecule has 7 nitrogen and oxygen atoms in total. The maximum atomic E-state index is 14.5. The van der Waals surface area contributed by atoms with Crippen LogP contribution in [0.5, 0.6) is 17.2 Å². The van der Waals surface area contributed by atoms with Crippen LogP contribution in [-0.2, 0) is 24.1 Å². The third-order valence-corrected chi connectivity index (χ3v) is 7.00. The van der Waals surface area contributed by atoms with Crippen LogP contribution in [0.2, 0.25) is 0 Å². The van der Waals surface area contributed by atoms with E-state index in [1.54, 1.807) is 0 Å². The number of ether oxygens (including phenoxy) is 3. The lowest BCUT2D eigenvalue weighted by atomic mass is 10.0. The van der Waals surface area contributed by atoms with Crippen LogP contribution in [0, 0.1) is 23.0 Å². The van der Waals surface area contributed by atoms with E-state index in [0.29, 0.717) is 17.9 Å². The molecule has 0 unspecified atom stereocenters. The fourth-order valence-corrected chi connectivity index (χ4v) is 4.71. The van der Waals surface area contributed by atoms with Crippen molar-refractivity contribution >= 4 is 5.97 Å². The lowest BCUT2D eigenvalue weighted by Crippen LogP contribution is -2.29. The number of carbonyl (C=O) groups is 1. The summed E-state index contributed by atoms with van der Waals surface area (Å²) in [6.45, 7) is -0.384. The molecule has 5 aromatic rings. The van der Waals surface area contributed by atoms with Crippen molar-refractivity contribution < 1.29 is 41.0 Å². The van der Waals surface area contributed by atoms with Gasteiger partial charge in [-0.05, 0) is 59.7 Å². The fourth-order valence-electron chi connectivity index (χ4n) is 4.71. The van der Waals surface area contributed by atoms with Crippen LogP contribution in [0.1, 0.15) is 32.6 Å². The highest BCUT2D eigenvalue weighted by Gasteiger charge is 2.36. The molecule has 1 aromatic heterocycles. The Morgan fingerprint density at radius 1 is 0.872 bits per heavy atom. The van der Waals surface area contributed by atoms with E-state index in [1.807, 2.05) is 30.3 Å². The molecule has 0 aliphatic rings. The third kappa shape index (κ3) is 7.48. The minimum absolute atomic E-state index is 0.0992. The van der Waals surface area contributed by atoms with Crippen LogP contribution >= 0.6 is 0 Å². The Balaban J connectivity index is 1.50. The van der Waals surface area contributed by atoms with Gasteiger partial charge in [0.1, 0.15) is 47.1 Å². The molecule has 0 saturated heterocycles. The molecule has 238 valence electrons. The molecular formula is C35H23F5N2O5. The first-order chi connectivity index (χ1) is 22.5. The van der Waals surface area contributed by atoms with Gasteiger partial charge in [0.25, 0.3) is 5.56 Å². The number of hydrogen-bond acceptors (Lipinski definition) is 6. The number of aromatic nitrogens is 1. The zero-order valence-corrected chi connectivity index (χ0v) is 24.5. The van der Waals surface area contributed by atoms with E-state index < -0.39 is 47.0 Å². The number of benzene rings is 4. The van der Waals surface area contributed by atoms with E-state index in [-0.39, 0.29) is 40.5 Å². The molecule has 0 fully saturated rings. The van der Waals surface area contributed by atoms with E-state index >= 15 is 0 Å². The van der Waals surface area contributed by atoms with Crippen molar-refractivity contribution in [3.8, 4) is 34.6 Å².